The standard InChI is InChI=1S/C11H10N2O2/c1-7-6-10(13-12-7)8-2-4-9(5-3-8)11(14)15/h2-6H,1H3,(H,12,13)(H,14,15). The van der Waals surface area contributed by atoms with Crippen molar-refractivity contribution in [2.75, 3.05) is 0 Å². The monoisotopic (exact) mass is 202 g/mol. The highest BCUT2D eigenvalue weighted by atomic mass is 16.4. The van der Waals surface area contributed by atoms with Crippen LogP contribution in [0.3, 0.4) is 0 Å². The van der Waals surface area contributed by atoms with Gasteiger partial charge in [0.15, 0.2) is 0 Å². The van der Waals surface area contributed by atoms with Gasteiger partial charge in [0, 0.05) is 11.3 Å². The van der Waals surface area contributed by atoms with Crippen molar-refractivity contribution in [2.45, 2.75) is 6.92 Å². The van der Waals surface area contributed by atoms with Crippen molar-refractivity contribution >= 4 is 5.97 Å². The maximum atomic E-state index is 10.6. The van der Waals surface area contributed by atoms with Crippen molar-refractivity contribution in [3.8, 4) is 11.3 Å². The van der Waals surface area contributed by atoms with Gasteiger partial charge >= 0.3 is 5.97 Å². The summed E-state index contributed by atoms with van der Waals surface area (Å²) in [5, 5.41) is 15.7. The third-order valence-corrected chi connectivity index (χ3v) is 2.13. The maximum absolute atomic E-state index is 10.6. The normalized spacial score (nSPS) is 10.2. The molecule has 1 aromatic heterocycles. The van der Waals surface area contributed by atoms with Gasteiger partial charge in [-0.1, -0.05) is 12.1 Å². The van der Waals surface area contributed by atoms with Crippen LogP contribution >= 0.6 is 0 Å². The lowest BCUT2D eigenvalue weighted by molar-refractivity contribution is 0.0697. The zero-order valence-corrected chi connectivity index (χ0v) is 8.19. The summed E-state index contributed by atoms with van der Waals surface area (Å²) in [5.74, 6) is -0.917. The van der Waals surface area contributed by atoms with E-state index in [1.807, 2.05) is 13.0 Å². The van der Waals surface area contributed by atoms with E-state index in [2.05, 4.69) is 10.2 Å². The molecule has 0 saturated carbocycles. The lowest BCUT2D eigenvalue weighted by Crippen LogP contribution is -1.94. The first-order chi connectivity index (χ1) is 7.16. The molecule has 0 spiro atoms. The second kappa shape index (κ2) is 3.57. The van der Waals surface area contributed by atoms with Crippen LogP contribution in [0.1, 0.15) is 16.1 Å². The van der Waals surface area contributed by atoms with Gasteiger partial charge in [-0.2, -0.15) is 5.10 Å². The Hall–Kier alpha value is -2.10. The van der Waals surface area contributed by atoms with E-state index in [0.29, 0.717) is 0 Å². The molecule has 0 bridgehead atoms. The number of aromatic amines is 1. The average Bonchev–Trinajstić information content (AvgIpc) is 2.65. The number of aromatic carboxylic acids is 1. The number of nitrogens with one attached hydrogen (secondary N) is 1. The Morgan fingerprint density at radius 1 is 1.33 bits per heavy atom. The SMILES string of the molecule is Cc1cc(-c2ccc(C(=O)O)cc2)n[nH]1. The molecule has 0 aliphatic rings. The highest BCUT2D eigenvalue weighted by molar-refractivity contribution is 5.88. The van der Waals surface area contributed by atoms with Crippen LogP contribution < -0.4 is 0 Å². The Morgan fingerprint density at radius 3 is 2.47 bits per heavy atom. The Kier molecular flexibility index (Phi) is 2.25. The number of aryl methyl sites for hydroxylation is 1. The molecule has 0 atom stereocenters. The number of carbonyl (C=O) groups is 1. The van der Waals surface area contributed by atoms with Crippen molar-refractivity contribution in [2.24, 2.45) is 0 Å². The minimum Gasteiger partial charge on any atom is -0.478 e. The molecule has 15 heavy (non-hydrogen) atoms. The molecule has 1 aromatic carbocycles. The van der Waals surface area contributed by atoms with Crippen LogP contribution in [0.25, 0.3) is 11.3 Å². The zero-order valence-electron chi connectivity index (χ0n) is 8.19. The largest absolute Gasteiger partial charge is 0.478 e. The number of aromatic nitrogens is 2. The predicted molar refractivity (Wildman–Crippen MR) is 55.7 cm³/mol. The number of rotatable bonds is 2. The molecule has 2 N–H and O–H groups in total. The summed E-state index contributed by atoms with van der Waals surface area (Å²) in [6.07, 6.45) is 0. The van der Waals surface area contributed by atoms with Gasteiger partial charge in [-0.05, 0) is 25.1 Å². The molecule has 0 fully saturated rings. The van der Waals surface area contributed by atoms with Crippen LogP contribution in [-0.4, -0.2) is 21.3 Å². The van der Waals surface area contributed by atoms with Gasteiger partial charge in [0.2, 0.25) is 0 Å². The molecule has 0 radical (unpaired) electrons. The molecule has 76 valence electrons. The molecular formula is C11H10N2O2. The maximum Gasteiger partial charge on any atom is 0.335 e. The summed E-state index contributed by atoms with van der Waals surface area (Å²) < 4.78 is 0. The molecule has 0 aliphatic carbocycles. The highest BCUT2D eigenvalue weighted by Crippen LogP contribution is 2.17. The van der Waals surface area contributed by atoms with Gasteiger partial charge in [-0.15, -0.1) is 0 Å². The molecule has 1 heterocycles. The molecule has 0 saturated heterocycles. The number of carboxylic acid groups (broad SMARTS) is 1. The van der Waals surface area contributed by atoms with Crippen molar-refractivity contribution in [1.82, 2.24) is 10.2 Å². The van der Waals surface area contributed by atoms with E-state index in [1.165, 1.54) is 0 Å². The van der Waals surface area contributed by atoms with Crippen LogP contribution in [0, 0.1) is 6.92 Å². The second-order valence-electron chi connectivity index (χ2n) is 3.32. The second-order valence-corrected chi connectivity index (χ2v) is 3.32. The Labute approximate surface area is 86.6 Å². The van der Waals surface area contributed by atoms with Crippen molar-refractivity contribution in [3.05, 3.63) is 41.6 Å². The van der Waals surface area contributed by atoms with Gasteiger partial charge in [-0.3, -0.25) is 5.10 Å². The van der Waals surface area contributed by atoms with E-state index in [4.69, 9.17) is 5.11 Å². The van der Waals surface area contributed by atoms with Gasteiger partial charge in [-0.25, -0.2) is 4.79 Å². The van der Waals surface area contributed by atoms with E-state index >= 15 is 0 Å². The highest BCUT2D eigenvalue weighted by Gasteiger charge is 2.04. The van der Waals surface area contributed by atoms with E-state index in [9.17, 15) is 4.79 Å². The lowest BCUT2D eigenvalue weighted by Gasteiger charge is -1.97. The summed E-state index contributed by atoms with van der Waals surface area (Å²) >= 11 is 0. The fourth-order valence-electron chi connectivity index (χ4n) is 1.35. The topological polar surface area (TPSA) is 66.0 Å². The first-order valence-corrected chi connectivity index (χ1v) is 4.52. The average molecular weight is 202 g/mol. The van der Waals surface area contributed by atoms with Crippen molar-refractivity contribution < 1.29 is 9.90 Å². The summed E-state index contributed by atoms with van der Waals surface area (Å²) in [5.41, 5.74) is 2.99. The van der Waals surface area contributed by atoms with E-state index in [-0.39, 0.29) is 5.56 Å². The van der Waals surface area contributed by atoms with E-state index in [1.54, 1.807) is 24.3 Å². The Morgan fingerprint density at radius 2 is 2.00 bits per heavy atom. The third kappa shape index (κ3) is 1.88. The van der Waals surface area contributed by atoms with Crippen molar-refractivity contribution in [3.63, 3.8) is 0 Å². The first-order valence-electron chi connectivity index (χ1n) is 4.52. The quantitative estimate of drug-likeness (QED) is 0.783. The molecule has 2 aromatic rings. The molecule has 0 aliphatic heterocycles. The van der Waals surface area contributed by atoms with Gasteiger partial charge in [0.05, 0.1) is 11.3 Å². The molecular weight excluding hydrogens is 192 g/mol. The molecule has 0 amide bonds. The fraction of sp³-hybridized carbons (Fsp3) is 0.0909. The Bertz CT molecular complexity index is 486. The lowest BCUT2D eigenvalue weighted by atomic mass is 10.1. The summed E-state index contributed by atoms with van der Waals surface area (Å²) in [6, 6.07) is 8.55. The van der Waals surface area contributed by atoms with Crippen LogP contribution in [-0.2, 0) is 0 Å². The van der Waals surface area contributed by atoms with Gasteiger partial charge < -0.3 is 5.11 Å². The number of hydrogen-bond acceptors (Lipinski definition) is 2. The van der Waals surface area contributed by atoms with E-state index in [0.717, 1.165) is 17.0 Å². The van der Waals surface area contributed by atoms with Crippen LogP contribution in [0.15, 0.2) is 30.3 Å². The predicted octanol–water partition coefficient (Wildman–Crippen LogP) is 2.08. The molecule has 4 nitrogen and oxygen atoms in total. The minimum atomic E-state index is -0.917. The van der Waals surface area contributed by atoms with Gasteiger partial charge in [0.1, 0.15) is 0 Å². The smallest absolute Gasteiger partial charge is 0.335 e. The number of H-pyrrole nitrogens is 1. The van der Waals surface area contributed by atoms with Crippen molar-refractivity contribution in [1.29, 1.82) is 0 Å². The van der Waals surface area contributed by atoms with Gasteiger partial charge in [0.25, 0.3) is 0 Å². The summed E-state index contributed by atoms with van der Waals surface area (Å²) in [6.45, 7) is 1.92. The first kappa shape index (κ1) is 9.45. The zero-order chi connectivity index (χ0) is 10.8. The number of benzene rings is 1. The van der Waals surface area contributed by atoms with Crippen LogP contribution in [0.5, 0.6) is 0 Å². The number of nitrogens with zero attached hydrogens (tertiary/aromatic N) is 1. The van der Waals surface area contributed by atoms with Crippen LogP contribution in [0.2, 0.25) is 0 Å². The fourth-order valence-corrected chi connectivity index (χ4v) is 1.35. The van der Waals surface area contributed by atoms with E-state index < -0.39 is 5.97 Å². The number of carboxylic acids is 1. The summed E-state index contributed by atoms with van der Waals surface area (Å²) in [7, 11) is 0. The molecule has 2 rings (SSSR count). The third-order valence-electron chi connectivity index (χ3n) is 2.13. The van der Waals surface area contributed by atoms with Crippen LogP contribution in [0.4, 0.5) is 0 Å². The summed E-state index contributed by atoms with van der Waals surface area (Å²) in [4.78, 5) is 10.6. The Balaban J connectivity index is 2.35. The molecule has 4 heteroatoms. The number of hydrogen-bond donors (Lipinski definition) is 2. The molecule has 0 unspecified atom stereocenters. The minimum absolute atomic E-state index is 0.283.